The molecule has 158 valence electrons. The smallest absolute Gasteiger partial charge is 0.339 e. The van der Waals surface area contributed by atoms with E-state index in [1.54, 1.807) is 6.92 Å². The molecule has 0 N–H and O–H groups in total. The van der Waals surface area contributed by atoms with Gasteiger partial charge in [-0.15, -0.1) is 0 Å². The number of aryl methyl sites for hydroxylation is 1. The van der Waals surface area contributed by atoms with Gasteiger partial charge in [0.25, 0.3) is 0 Å². The van der Waals surface area contributed by atoms with E-state index in [0.29, 0.717) is 10.0 Å². The Morgan fingerprint density at radius 3 is 2.23 bits per heavy atom. The summed E-state index contributed by atoms with van der Waals surface area (Å²) in [6, 6.07) is 15.4. The number of carbonyl (C=O) groups excluding carboxylic acids is 1. The summed E-state index contributed by atoms with van der Waals surface area (Å²) in [6.45, 7) is 9.83. The van der Waals surface area contributed by atoms with Gasteiger partial charge in [0.1, 0.15) is 0 Å². The van der Waals surface area contributed by atoms with Crippen LogP contribution in [0, 0.1) is 6.92 Å². The predicted molar refractivity (Wildman–Crippen MR) is 124 cm³/mol. The molecule has 0 amide bonds. The largest absolute Gasteiger partial charge is 0.464 e. The number of carbonyl (C=O) groups is 1. The number of hydrogen-bond acceptors (Lipinski definition) is 3. The number of fused-ring (bicyclic) bond motifs is 1. The van der Waals surface area contributed by atoms with Crippen molar-refractivity contribution in [2.24, 2.45) is 0 Å². The third-order valence-corrected chi connectivity index (χ3v) is 5.21. The number of benzene rings is 3. The maximum Gasteiger partial charge on any atom is 0.339 e. The fourth-order valence-electron chi connectivity index (χ4n) is 3.59. The summed E-state index contributed by atoms with van der Waals surface area (Å²) in [4.78, 5) is 13.0. The van der Waals surface area contributed by atoms with Crippen molar-refractivity contribution in [1.29, 1.82) is 0 Å². The van der Waals surface area contributed by atoms with Gasteiger partial charge in [0.15, 0.2) is 6.10 Å². The van der Waals surface area contributed by atoms with Gasteiger partial charge < -0.3 is 9.47 Å². The molecular formula is C25H26Cl2O3. The minimum atomic E-state index is -0.876. The molecule has 0 saturated carbocycles. The lowest BCUT2D eigenvalue weighted by atomic mass is 9.87. The predicted octanol–water partition coefficient (Wildman–Crippen LogP) is 7.54. The van der Waals surface area contributed by atoms with Gasteiger partial charge in [0, 0.05) is 15.6 Å². The Balaban J connectivity index is 2.38. The van der Waals surface area contributed by atoms with Crippen molar-refractivity contribution < 1.29 is 14.3 Å². The van der Waals surface area contributed by atoms with E-state index < -0.39 is 17.7 Å². The molecule has 1 unspecified atom stereocenters. The second-order valence-electron chi connectivity index (χ2n) is 8.22. The molecular weight excluding hydrogens is 419 g/mol. The molecule has 0 spiro atoms. The standard InChI is InChI=1S/C25H26Cl2O3/c1-6-29-24(28)23(30-25(3,4)5)21-15(2)13-17-9-12-19(27)14-20(17)22(21)16-7-10-18(26)11-8-16/h7-14,23H,6H2,1-5H3. The van der Waals surface area contributed by atoms with E-state index in [1.807, 2.05) is 70.2 Å². The molecule has 0 aliphatic rings. The topological polar surface area (TPSA) is 35.5 Å². The van der Waals surface area contributed by atoms with Crippen molar-refractivity contribution in [3.63, 3.8) is 0 Å². The summed E-state index contributed by atoms with van der Waals surface area (Å²) in [5.74, 6) is -0.410. The summed E-state index contributed by atoms with van der Waals surface area (Å²) in [6.07, 6.45) is -0.876. The van der Waals surface area contributed by atoms with Crippen molar-refractivity contribution in [1.82, 2.24) is 0 Å². The highest BCUT2D eigenvalue weighted by molar-refractivity contribution is 6.31. The molecule has 3 aromatic rings. The first kappa shape index (κ1) is 22.6. The van der Waals surface area contributed by atoms with E-state index in [1.165, 1.54) is 0 Å². The van der Waals surface area contributed by atoms with Crippen molar-refractivity contribution in [3.05, 3.63) is 69.7 Å². The zero-order chi connectivity index (χ0) is 22.1. The highest BCUT2D eigenvalue weighted by atomic mass is 35.5. The fourth-order valence-corrected chi connectivity index (χ4v) is 3.88. The average molecular weight is 445 g/mol. The number of rotatable bonds is 5. The van der Waals surface area contributed by atoms with Crippen molar-refractivity contribution in [2.75, 3.05) is 6.61 Å². The van der Waals surface area contributed by atoms with Crippen LogP contribution in [0.25, 0.3) is 21.9 Å². The molecule has 0 aromatic heterocycles. The summed E-state index contributed by atoms with van der Waals surface area (Å²) < 4.78 is 11.6. The van der Waals surface area contributed by atoms with Gasteiger partial charge in [-0.1, -0.05) is 47.5 Å². The van der Waals surface area contributed by atoms with Gasteiger partial charge >= 0.3 is 5.97 Å². The molecule has 0 heterocycles. The maximum absolute atomic E-state index is 13.0. The van der Waals surface area contributed by atoms with E-state index >= 15 is 0 Å². The van der Waals surface area contributed by atoms with Crippen LogP contribution >= 0.6 is 23.2 Å². The summed E-state index contributed by atoms with van der Waals surface area (Å²) in [7, 11) is 0. The lowest BCUT2D eigenvalue weighted by Crippen LogP contribution is -2.29. The van der Waals surface area contributed by atoms with Gasteiger partial charge in [-0.25, -0.2) is 4.79 Å². The van der Waals surface area contributed by atoms with E-state index in [2.05, 4.69) is 6.07 Å². The second-order valence-corrected chi connectivity index (χ2v) is 9.09. The van der Waals surface area contributed by atoms with Crippen LogP contribution < -0.4 is 0 Å². The van der Waals surface area contributed by atoms with Crippen LogP contribution in [0.15, 0.2) is 48.5 Å². The highest BCUT2D eigenvalue weighted by Crippen LogP contribution is 2.41. The monoisotopic (exact) mass is 444 g/mol. The number of esters is 1. The number of ether oxygens (including phenoxy) is 2. The van der Waals surface area contributed by atoms with Crippen LogP contribution in [0.5, 0.6) is 0 Å². The molecule has 3 aromatic carbocycles. The molecule has 0 bridgehead atoms. The maximum atomic E-state index is 13.0. The SMILES string of the molecule is CCOC(=O)C(OC(C)(C)C)c1c(C)cc2ccc(Cl)cc2c1-c1ccc(Cl)cc1. The highest BCUT2D eigenvalue weighted by Gasteiger charge is 2.32. The van der Waals surface area contributed by atoms with Gasteiger partial charge in [-0.05, 0) is 86.3 Å². The molecule has 0 saturated heterocycles. The first-order valence-electron chi connectivity index (χ1n) is 9.94. The third kappa shape index (κ3) is 4.97. The van der Waals surface area contributed by atoms with E-state index in [-0.39, 0.29) is 6.61 Å². The molecule has 0 radical (unpaired) electrons. The van der Waals surface area contributed by atoms with Crippen LogP contribution in [0.4, 0.5) is 0 Å². The first-order chi connectivity index (χ1) is 14.1. The van der Waals surface area contributed by atoms with Gasteiger partial charge in [-0.2, -0.15) is 0 Å². The molecule has 5 heteroatoms. The van der Waals surface area contributed by atoms with Gasteiger partial charge in [0.2, 0.25) is 0 Å². The Bertz CT molecular complexity index is 1070. The van der Waals surface area contributed by atoms with Crippen LogP contribution in [0.2, 0.25) is 10.0 Å². The van der Waals surface area contributed by atoms with Crippen LogP contribution in [0.3, 0.4) is 0 Å². The molecule has 0 fully saturated rings. The fraction of sp³-hybridized carbons (Fsp3) is 0.320. The Labute approximate surface area is 187 Å². The first-order valence-corrected chi connectivity index (χ1v) is 10.7. The molecule has 3 rings (SSSR count). The molecule has 1 atom stereocenters. The number of halogens is 2. The Morgan fingerprint density at radius 2 is 1.63 bits per heavy atom. The zero-order valence-electron chi connectivity index (χ0n) is 17.9. The minimum absolute atomic E-state index is 0.275. The normalized spacial score (nSPS) is 12.8. The molecule has 3 nitrogen and oxygen atoms in total. The minimum Gasteiger partial charge on any atom is -0.464 e. The lowest BCUT2D eigenvalue weighted by molar-refractivity contribution is -0.166. The van der Waals surface area contributed by atoms with E-state index in [9.17, 15) is 4.79 Å². The molecule has 0 aliphatic carbocycles. The quantitative estimate of drug-likeness (QED) is 0.381. The van der Waals surface area contributed by atoms with Crippen LogP contribution in [-0.2, 0) is 14.3 Å². The second kappa shape index (κ2) is 8.97. The zero-order valence-corrected chi connectivity index (χ0v) is 19.4. The average Bonchev–Trinajstić information content (AvgIpc) is 2.66. The van der Waals surface area contributed by atoms with Gasteiger partial charge in [0.05, 0.1) is 12.2 Å². The summed E-state index contributed by atoms with van der Waals surface area (Å²) >= 11 is 12.5. The Kier molecular flexibility index (Phi) is 6.76. The Morgan fingerprint density at radius 1 is 1.00 bits per heavy atom. The van der Waals surface area contributed by atoms with Crippen molar-refractivity contribution in [3.8, 4) is 11.1 Å². The van der Waals surface area contributed by atoms with Gasteiger partial charge in [-0.3, -0.25) is 0 Å². The van der Waals surface area contributed by atoms with E-state index in [0.717, 1.165) is 33.0 Å². The van der Waals surface area contributed by atoms with Crippen molar-refractivity contribution in [2.45, 2.75) is 46.3 Å². The van der Waals surface area contributed by atoms with Crippen molar-refractivity contribution >= 4 is 39.9 Å². The third-order valence-electron chi connectivity index (χ3n) is 4.72. The molecule has 30 heavy (non-hydrogen) atoms. The Hall–Kier alpha value is -2.07. The summed E-state index contributed by atoms with van der Waals surface area (Å²) in [5, 5.41) is 3.24. The molecule has 0 aliphatic heterocycles. The van der Waals surface area contributed by atoms with Crippen LogP contribution in [-0.4, -0.2) is 18.2 Å². The lowest BCUT2D eigenvalue weighted by Gasteiger charge is -2.29. The number of hydrogen-bond donors (Lipinski definition) is 0. The van der Waals surface area contributed by atoms with Crippen LogP contribution in [0.1, 0.15) is 44.9 Å². The van der Waals surface area contributed by atoms with E-state index in [4.69, 9.17) is 32.7 Å². The summed E-state index contributed by atoms with van der Waals surface area (Å²) in [5.41, 5.74) is 2.99.